The molecule has 0 amide bonds. The van der Waals surface area contributed by atoms with E-state index in [1.165, 1.54) is 5.56 Å². The molecule has 1 saturated heterocycles. The fourth-order valence-electron chi connectivity index (χ4n) is 3.11. The van der Waals surface area contributed by atoms with E-state index in [-0.39, 0.29) is 12.4 Å². The Labute approximate surface area is 160 Å². The van der Waals surface area contributed by atoms with Crippen molar-refractivity contribution in [2.45, 2.75) is 18.9 Å². The van der Waals surface area contributed by atoms with E-state index in [4.69, 9.17) is 9.47 Å². The van der Waals surface area contributed by atoms with Gasteiger partial charge in [-0.15, -0.1) is 0 Å². The number of Topliss-reactive ketones (excluding diaryl/α,β-unsaturated/α-hetero) is 1. The van der Waals surface area contributed by atoms with Crippen LogP contribution in [0.5, 0.6) is 5.75 Å². The molecule has 0 saturated carbocycles. The highest BCUT2D eigenvalue weighted by atomic mass is 16.5. The Bertz CT molecular complexity index is 696. The van der Waals surface area contributed by atoms with Crippen molar-refractivity contribution >= 4 is 5.78 Å². The van der Waals surface area contributed by atoms with Gasteiger partial charge in [0.25, 0.3) is 0 Å². The normalized spacial score (nSPS) is 16.0. The Morgan fingerprint density at radius 3 is 2.48 bits per heavy atom. The maximum atomic E-state index is 12.3. The first-order valence-electron chi connectivity index (χ1n) is 9.49. The Kier molecular flexibility index (Phi) is 7.39. The molecule has 144 valence electrons. The van der Waals surface area contributed by atoms with E-state index in [1.807, 2.05) is 30.3 Å². The Hall–Kier alpha value is -2.21. The van der Waals surface area contributed by atoms with Gasteiger partial charge in [-0.1, -0.05) is 30.3 Å². The number of hydrogen-bond donors (Lipinski definition) is 1. The minimum Gasteiger partial charge on any atom is -0.491 e. The lowest BCUT2D eigenvalue weighted by Gasteiger charge is -2.28. The first kappa shape index (κ1) is 19.5. The van der Waals surface area contributed by atoms with Crippen LogP contribution in [0.1, 0.15) is 22.3 Å². The molecule has 2 aromatic rings. The zero-order valence-corrected chi connectivity index (χ0v) is 15.5. The largest absolute Gasteiger partial charge is 0.491 e. The summed E-state index contributed by atoms with van der Waals surface area (Å²) in [5.74, 6) is 0.786. The monoisotopic (exact) mass is 369 g/mol. The number of carbonyl (C=O) groups excluding carboxylic acids is 1. The standard InChI is InChI=1S/C22H27NO4/c24-20(16-23-12-14-26-15-13-23)17-27-21-9-7-19(8-10-21)22(25)11-6-18-4-2-1-3-5-18/h1-5,7-10,20,24H,6,11-17H2/t20-/m1/s1. The summed E-state index contributed by atoms with van der Waals surface area (Å²) in [6.07, 6.45) is 0.684. The molecule has 2 aromatic carbocycles. The van der Waals surface area contributed by atoms with E-state index in [0.29, 0.717) is 37.5 Å². The van der Waals surface area contributed by atoms with Gasteiger partial charge in [-0.05, 0) is 36.2 Å². The average Bonchev–Trinajstić information content (AvgIpc) is 2.72. The van der Waals surface area contributed by atoms with E-state index < -0.39 is 6.10 Å². The maximum Gasteiger partial charge on any atom is 0.163 e. The quantitative estimate of drug-likeness (QED) is 0.689. The lowest BCUT2D eigenvalue weighted by molar-refractivity contribution is 0.00465. The van der Waals surface area contributed by atoms with Crippen LogP contribution >= 0.6 is 0 Å². The van der Waals surface area contributed by atoms with Crippen molar-refractivity contribution in [1.82, 2.24) is 4.90 Å². The van der Waals surface area contributed by atoms with Crippen molar-refractivity contribution in [3.8, 4) is 5.75 Å². The van der Waals surface area contributed by atoms with Crippen molar-refractivity contribution in [1.29, 1.82) is 0 Å². The summed E-state index contributed by atoms with van der Waals surface area (Å²) < 4.78 is 11.0. The number of aliphatic hydroxyl groups excluding tert-OH is 1. The molecule has 5 nitrogen and oxygen atoms in total. The van der Waals surface area contributed by atoms with Crippen molar-refractivity contribution in [3.63, 3.8) is 0 Å². The van der Waals surface area contributed by atoms with Crippen LogP contribution in [-0.2, 0) is 11.2 Å². The molecule has 0 aromatic heterocycles. The van der Waals surface area contributed by atoms with Gasteiger partial charge in [0.1, 0.15) is 18.5 Å². The van der Waals surface area contributed by atoms with Crippen molar-refractivity contribution in [3.05, 3.63) is 65.7 Å². The van der Waals surface area contributed by atoms with Crippen molar-refractivity contribution in [2.24, 2.45) is 0 Å². The first-order valence-corrected chi connectivity index (χ1v) is 9.49. The van der Waals surface area contributed by atoms with Gasteiger partial charge in [-0.3, -0.25) is 9.69 Å². The molecule has 1 heterocycles. The number of aliphatic hydroxyl groups is 1. The third kappa shape index (κ3) is 6.47. The summed E-state index contributed by atoms with van der Waals surface area (Å²) in [6, 6.07) is 17.2. The fraction of sp³-hybridized carbons (Fsp3) is 0.409. The highest BCUT2D eigenvalue weighted by molar-refractivity contribution is 5.96. The molecule has 0 spiro atoms. The third-order valence-corrected chi connectivity index (χ3v) is 4.67. The molecule has 0 radical (unpaired) electrons. The third-order valence-electron chi connectivity index (χ3n) is 4.67. The molecule has 0 bridgehead atoms. The molecule has 1 aliphatic rings. The van der Waals surface area contributed by atoms with Crippen LogP contribution in [0.15, 0.2) is 54.6 Å². The average molecular weight is 369 g/mol. The van der Waals surface area contributed by atoms with E-state index in [1.54, 1.807) is 24.3 Å². The predicted octanol–water partition coefficient (Wildman–Crippen LogP) is 2.57. The van der Waals surface area contributed by atoms with Crippen LogP contribution in [0.2, 0.25) is 0 Å². The lowest BCUT2D eigenvalue weighted by atomic mass is 10.0. The van der Waals surface area contributed by atoms with E-state index in [0.717, 1.165) is 19.5 Å². The van der Waals surface area contributed by atoms with Crippen LogP contribution in [0.4, 0.5) is 0 Å². The van der Waals surface area contributed by atoms with Gasteiger partial charge in [0.05, 0.1) is 13.2 Å². The zero-order valence-electron chi connectivity index (χ0n) is 15.5. The minimum atomic E-state index is -0.546. The molecule has 27 heavy (non-hydrogen) atoms. The molecule has 1 aliphatic heterocycles. The second kappa shape index (κ2) is 10.2. The summed E-state index contributed by atoms with van der Waals surface area (Å²) in [6.45, 7) is 3.94. The van der Waals surface area contributed by atoms with Crippen LogP contribution < -0.4 is 4.74 Å². The highest BCUT2D eigenvalue weighted by Crippen LogP contribution is 2.15. The number of hydrogen-bond acceptors (Lipinski definition) is 5. The number of nitrogens with zero attached hydrogens (tertiary/aromatic N) is 1. The Morgan fingerprint density at radius 1 is 1.07 bits per heavy atom. The number of benzene rings is 2. The van der Waals surface area contributed by atoms with Crippen LogP contribution in [0.25, 0.3) is 0 Å². The maximum absolute atomic E-state index is 12.3. The van der Waals surface area contributed by atoms with E-state index in [2.05, 4.69) is 4.90 Å². The van der Waals surface area contributed by atoms with Gasteiger partial charge in [0.2, 0.25) is 0 Å². The lowest BCUT2D eigenvalue weighted by Crippen LogP contribution is -2.42. The van der Waals surface area contributed by atoms with Crippen LogP contribution in [0, 0.1) is 0 Å². The SMILES string of the molecule is O=C(CCc1ccccc1)c1ccc(OC[C@H](O)CN2CCOCC2)cc1. The van der Waals surface area contributed by atoms with Gasteiger partial charge < -0.3 is 14.6 Å². The summed E-state index contributed by atoms with van der Waals surface area (Å²) >= 11 is 0. The minimum absolute atomic E-state index is 0.123. The number of morpholine rings is 1. The Balaban J connectivity index is 1.41. The van der Waals surface area contributed by atoms with Gasteiger partial charge in [0, 0.05) is 31.6 Å². The number of ether oxygens (including phenoxy) is 2. The fourth-order valence-corrected chi connectivity index (χ4v) is 3.11. The van der Waals surface area contributed by atoms with Gasteiger partial charge >= 0.3 is 0 Å². The smallest absolute Gasteiger partial charge is 0.163 e. The molecule has 3 rings (SSSR count). The summed E-state index contributed by atoms with van der Waals surface area (Å²) in [4.78, 5) is 14.5. The predicted molar refractivity (Wildman–Crippen MR) is 104 cm³/mol. The zero-order chi connectivity index (χ0) is 18.9. The number of rotatable bonds is 9. The summed E-state index contributed by atoms with van der Waals surface area (Å²) in [7, 11) is 0. The van der Waals surface area contributed by atoms with Crippen molar-refractivity contribution in [2.75, 3.05) is 39.5 Å². The number of ketones is 1. The molecular weight excluding hydrogens is 342 g/mol. The summed E-state index contributed by atoms with van der Waals surface area (Å²) in [5.41, 5.74) is 1.85. The van der Waals surface area contributed by atoms with Gasteiger partial charge in [0.15, 0.2) is 5.78 Å². The van der Waals surface area contributed by atoms with Crippen LogP contribution in [-0.4, -0.2) is 61.3 Å². The topological polar surface area (TPSA) is 59.0 Å². The number of carbonyl (C=O) groups is 1. The van der Waals surface area contributed by atoms with Crippen molar-refractivity contribution < 1.29 is 19.4 Å². The van der Waals surface area contributed by atoms with E-state index >= 15 is 0 Å². The highest BCUT2D eigenvalue weighted by Gasteiger charge is 2.15. The number of aryl methyl sites for hydroxylation is 1. The molecule has 1 atom stereocenters. The Morgan fingerprint density at radius 2 is 1.78 bits per heavy atom. The number of β-amino-alcohol motifs (C(OH)–C–C–N with tert-alkyl or cyclic N) is 1. The molecule has 1 fully saturated rings. The molecular formula is C22H27NO4. The second-order valence-corrected chi connectivity index (χ2v) is 6.81. The molecule has 0 unspecified atom stereocenters. The summed E-state index contributed by atoms with van der Waals surface area (Å²) in [5, 5.41) is 10.1. The van der Waals surface area contributed by atoms with E-state index in [9.17, 15) is 9.90 Å². The van der Waals surface area contributed by atoms with Gasteiger partial charge in [-0.2, -0.15) is 0 Å². The first-order chi connectivity index (χ1) is 13.2. The second-order valence-electron chi connectivity index (χ2n) is 6.81. The molecule has 1 N–H and O–H groups in total. The molecule has 0 aliphatic carbocycles. The van der Waals surface area contributed by atoms with Crippen LogP contribution in [0.3, 0.4) is 0 Å². The molecule has 5 heteroatoms. The van der Waals surface area contributed by atoms with Gasteiger partial charge in [-0.25, -0.2) is 0 Å².